The second-order valence-electron chi connectivity index (χ2n) is 16.9. The number of para-hydroxylation sites is 3. The Morgan fingerprint density at radius 1 is 0.403 bits per heavy atom. The Hall–Kier alpha value is -7.62. The predicted molar refractivity (Wildman–Crippen MR) is 265 cm³/mol. The molecule has 0 unspecified atom stereocenters. The van der Waals surface area contributed by atoms with Crippen LogP contribution < -0.4 is 26.2 Å². The molecule has 0 amide bonds. The van der Waals surface area contributed by atoms with E-state index in [4.69, 9.17) is 6.85 Å². The Morgan fingerprint density at radius 2 is 0.871 bits per heavy atom. The molecule has 10 aromatic carbocycles. The minimum absolute atomic E-state index is 0.0842. The van der Waals surface area contributed by atoms with Crippen molar-refractivity contribution in [3.63, 3.8) is 0 Å². The van der Waals surface area contributed by atoms with E-state index in [-0.39, 0.29) is 41.9 Å². The average molecular weight is 796 g/mol. The fourth-order valence-electron chi connectivity index (χ4n) is 10.3. The fourth-order valence-corrected chi connectivity index (χ4v) is 10.3. The number of benzene rings is 10. The van der Waals surface area contributed by atoms with Crippen LogP contribution in [0.5, 0.6) is 0 Å². The number of hydrogen-bond donors (Lipinski definition) is 0. The van der Waals surface area contributed by atoms with Gasteiger partial charge < -0.3 is 9.80 Å². The van der Waals surface area contributed by atoms with Gasteiger partial charge >= 0.3 is 0 Å². The van der Waals surface area contributed by atoms with Crippen molar-refractivity contribution in [2.24, 2.45) is 0 Å². The van der Waals surface area contributed by atoms with Gasteiger partial charge in [-0.1, -0.05) is 190 Å². The van der Waals surface area contributed by atoms with E-state index in [2.05, 4.69) is 181 Å². The average Bonchev–Trinajstić information content (AvgIpc) is 3.37. The molecule has 3 heteroatoms. The maximum Gasteiger partial charge on any atom is 0.252 e. The van der Waals surface area contributed by atoms with Crippen molar-refractivity contribution in [2.75, 3.05) is 9.80 Å². The van der Waals surface area contributed by atoms with Gasteiger partial charge in [0.15, 0.2) is 0 Å². The molecule has 62 heavy (non-hydrogen) atoms. The Kier molecular flexibility index (Phi) is 7.19. The predicted octanol–water partition coefficient (Wildman–Crippen LogP) is 13.7. The zero-order chi connectivity index (χ0) is 45.7. The van der Waals surface area contributed by atoms with Crippen molar-refractivity contribution < 1.29 is 6.85 Å². The summed E-state index contributed by atoms with van der Waals surface area (Å²) in [5.74, 6) is 0. The molecule has 292 valence electrons. The fraction of sp³-hybridized carbons (Fsp3) is 0.0508. The number of anilines is 6. The van der Waals surface area contributed by atoms with E-state index in [1.807, 2.05) is 36.4 Å². The van der Waals surface area contributed by atoms with Gasteiger partial charge in [0.1, 0.15) is 0 Å². The summed E-state index contributed by atoms with van der Waals surface area (Å²) in [6.07, 6.45) is 0. The minimum atomic E-state index is -0.407. The van der Waals surface area contributed by atoms with Gasteiger partial charge in [0.25, 0.3) is 6.71 Å². The van der Waals surface area contributed by atoms with Crippen molar-refractivity contribution in [3.05, 3.63) is 235 Å². The van der Waals surface area contributed by atoms with E-state index < -0.39 is 6.04 Å². The van der Waals surface area contributed by atoms with Crippen LogP contribution in [0.15, 0.2) is 224 Å². The van der Waals surface area contributed by atoms with Crippen molar-refractivity contribution in [1.82, 2.24) is 0 Å². The summed E-state index contributed by atoms with van der Waals surface area (Å²) in [6.45, 7) is 4.53. The van der Waals surface area contributed by atoms with Crippen molar-refractivity contribution >= 4 is 78.8 Å². The maximum atomic E-state index is 9.17. The lowest BCUT2D eigenvalue weighted by molar-refractivity contribution is 0.641. The molecular formula is C59H43BN2. The molecule has 2 nitrogen and oxygen atoms in total. The minimum Gasteiger partial charge on any atom is -0.311 e. The molecule has 0 bridgehead atoms. The monoisotopic (exact) mass is 795 g/mol. The summed E-state index contributed by atoms with van der Waals surface area (Å²) in [5, 5.41) is 3.46. The normalized spacial score (nSPS) is 14.0. The molecule has 0 saturated heterocycles. The number of fused-ring (bicyclic) bond motifs is 6. The first kappa shape index (κ1) is 31.3. The SMILES string of the molecule is [2H]c1c([2H])c([2H])c(-c2c3ccccc3c(-c3cc4c5c(c3)N(c3ccccc3)c3cc(C(C)(C)c6ccccc6)ccc3B5c3ccccc3N4c3ccccc3)c3ccccc23)c([2H])c1[2H]. The molecule has 12 rings (SSSR count). The highest BCUT2D eigenvalue weighted by atomic mass is 15.2. The zero-order valence-electron chi connectivity index (χ0n) is 39.4. The molecule has 2 aliphatic rings. The number of rotatable bonds is 6. The third-order valence-electron chi connectivity index (χ3n) is 13.2. The van der Waals surface area contributed by atoms with Crippen LogP contribution in [0.1, 0.15) is 31.8 Å². The Balaban J connectivity index is 1.22. The molecule has 0 spiro atoms. The van der Waals surface area contributed by atoms with E-state index in [0.29, 0.717) is 5.56 Å². The van der Waals surface area contributed by atoms with Crippen LogP contribution in [-0.2, 0) is 5.41 Å². The lowest BCUT2D eigenvalue weighted by Crippen LogP contribution is -2.61. The van der Waals surface area contributed by atoms with Gasteiger partial charge in [-0.3, -0.25) is 0 Å². The highest BCUT2D eigenvalue weighted by Gasteiger charge is 2.44. The second kappa shape index (κ2) is 14.3. The summed E-state index contributed by atoms with van der Waals surface area (Å²) in [6, 6.07) is 67.4. The third kappa shape index (κ3) is 5.51. The van der Waals surface area contributed by atoms with Crippen LogP contribution in [-0.4, -0.2) is 6.71 Å². The van der Waals surface area contributed by atoms with Gasteiger partial charge in [-0.25, -0.2) is 0 Å². The summed E-state index contributed by atoms with van der Waals surface area (Å²) >= 11 is 0. The Bertz CT molecular complexity index is 3550. The Labute approximate surface area is 371 Å². The Morgan fingerprint density at radius 3 is 1.45 bits per heavy atom. The topological polar surface area (TPSA) is 6.48 Å². The molecule has 0 aliphatic carbocycles. The lowest BCUT2D eigenvalue weighted by atomic mass is 9.33. The van der Waals surface area contributed by atoms with E-state index in [1.54, 1.807) is 0 Å². The molecule has 10 aromatic rings. The van der Waals surface area contributed by atoms with Crippen LogP contribution >= 0.6 is 0 Å². The van der Waals surface area contributed by atoms with Gasteiger partial charge in [-0.05, 0) is 120 Å². The third-order valence-corrected chi connectivity index (χ3v) is 13.2. The smallest absolute Gasteiger partial charge is 0.252 e. The first-order chi connectivity index (χ1) is 32.6. The summed E-state index contributed by atoms with van der Waals surface area (Å²) < 4.78 is 44.2. The second-order valence-corrected chi connectivity index (χ2v) is 16.9. The van der Waals surface area contributed by atoms with E-state index in [0.717, 1.165) is 66.8 Å². The molecule has 0 radical (unpaired) electrons. The zero-order valence-corrected chi connectivity index (χ0v) is 34.4. The van der Waals surface area contributed by atoms with Crippen molar-refractivity contribution in [2.45, 2.75) is 19.3 Å². The number of nitrogens with zero attached hydrogens (tertiary/aromatic N) is 2. The van der Waals surface area contributed by atoms with Crippen LogP contribution in [0.2, 0.25) is 0 Å². The molecule has 0 saturated carbocycles. The van der Waals surface area contributed by atoms with Crippen molar-refractivity contribution in [3.8, 4) is 22.3 Å². The number of hydrogen-bond acceptors (Lipinski definition) is 2. The van der Waals surface area contributed by atoms with Crippen LogP contribution in [0.25, 0.3) is 43.8 Å². The summed E-state index contributed by atoms with van der Waals surface area (Å²) in [4.78, 5) is 4.88. The maximum absolute atomic E-state index is 9.17. The molecular weight excluding hydrogens is 747 g/mol. The standard InChI is InChI=1S/C59H43BN2/c1-59(2,42-23-9-4-10-24-42)43-35-36-51-53(39-43)62(45-27-13-6-14-28-45)55-38-41(37-54-58(55)60(51)50-33-19-20-34-52(50)61(54)44-25-11-5-12-26-44)57-48-31-17-15-29-46(48)56(40-21-7-3-8-22-40)47-30-16-18-32-49(47)57/h3-39H,1-2H3/i3D,7D,8D,21D,22D. The first-order valence-electron chi connectivity index (χ1n) is 23.8. The largest absolute Gasteiger partial charge is 0.311 e. The van der Waals surface area contributed by atoms with Crippen molar-refractivity contribution in [1.29, 1.82) is 0 Å². The van der Waals surface area contributed by atoms with Crippen LogP contribution in [0.4, 0.5) is 34.1 Å². The van der Waals surface area contributed by atoms with E-state index in [9.17, 15) is 0 Å². The van der Waals surface area contributed by atoms with E-state index >= 15 is 0 Å². The van der Waals surface area contributed by atoms with Gasteiger partial charge in [0, 0.05) is 39.5 Å². The summed E-state index contributed by atoms with van der Waals surface area (Å²) in [5.41, 5.74) is 15.2. The molecule has 0 fully saturated rings. The van der Waals surface area contributed by atoms with Gasteiger partial charge in [-0.2, -0.15) is 0 Å². The quantitative estimate of drug-likeness (QED) is 0.122. The van der Waals surface area contributed by atoms with Crippen LogP contribution in [0, 0.1) is 0 Å². The van der Waals surface area contributed by atoms with Gasteiger partial charge in [0.2, 0.25) is 0 Å². The highest BCUT2D eigenvalue weighted by Crippen LogP contribution is 2.50. The molecule has 2 heterocycles. The van der Waals surface area contributed by atoms with Gasteiger partial charge in [0.05, 0.1) is 6.85 Å². The molecule has 0 atom stereocenters. The van der Waals surface area contributed by atoms with Gasteiger partial charge in [-0.15, -0.1) is 0 Å². The molecule has 0 aromatic heterocycles. The van der Waals surface area contributed by atoms with E-state index in [1.165, 1.54) is 27.5 Å². The van der Waals surface area contributed by atoms with Crippen LogP contribution in [0.3, 0.4) is 0 Å². The summed E-state index contributed by atoms with van der Waals surface area (Å²) in [7, 11) is 0. The highest BCUT2D eigenvalue weighted by molar-refractivity contribution is 7.00. The lowest BCUT2D eigenvalue weighted by Gasteiger charge is -2.45. The molecule has 0 N–H and O–H groups in total. The first-order valence-corrected chi connectivity index (χ1v) is 21.3. The molecule has 2 aliphatic heterocycles.